The first-order chi connectivity index (χ1) is 15.0. The zero-order valence-corrected chi connectivity index (χ0v) is 18.7. The van der Waals surface area contributed by atoms with Crippen LogP contribution in [-0.4, -0.2) is 22.4 Å². The third-order valence-corrected chi connectivity index (χ3v) is 5.04. The molecule has 0 amide bonds. The second kappa shape index (κ2) is 10.4. The number of rotatable bonds is 7. The Morgan fingerprint density at radius 2 is 1.94 bits per heavy atom. The van der Waals surface area contributed by atoms with Crippen molar-refractivity contribution in [2.75, 3.05) is 6.54 Å². The van der Waals surface area contributed by atoms with E-state index in [2.05, 4.69) is 46.4 Å². The van der Waals surface area contributed by atoms with Crippen molar-refractivity contribution >= 4 is 23.5 Å². The average Bonchev–Trinajstić information content (AvgIpc) is 3.06. The molecule has 3 rings (SSSR count). The molecule has 6 nitrogen and oxygen atoms in total. The zero-order valence-electron chi connectivity index (χ0n) is 17.8. The molecule has 3 aromatic rings. The fourth-order valence-corrected chi connectivity index (χ4v) is 3.48. The van der Waals surface area contributed by atoms with Gasteiger partial charge in [-0.25, -0.2) is 0 Å². The van der Waals surface area contributed by atoms with Crippen LogP contribution >= 0.6 is 12.2 Å². The van der Waals surface area contributed by atoms with E-state index in [-0.39, 0.29) is 0 Å². The number of hydrogen-bond donors (Lipinski definition) is 2. The number of thiocarbonyl (C=S) groups is 1. The highest BCUT2D eigenvalue weighted by Crippen LogP contribution is 2.23. The maximum absolute atomic E-state index is 9.21. The van der Waals surface area contributed by atoms with Crippen LogP contribution in [0.3, 0.4) is 0 Å². The molecular formula is C24H25N5OS. The number of benzene rings is 2. The van der Waals surface area contributed by atoms with Gasteiger partial charge in [-0.3, -0.25) is 5.43 Å². The fraction of sp³-hybridized carbons (Fsp3) is 0.208. The van der Waals surface area contributed by atoms with Crippen molar-refractivity contribution in [1.82, 2.24) is 15.3 Å². The molecule has 2 aromatic carbocycles. The van der Waals surface area contributed by atoms with Crippen LogP contribution in [0.25, 0.3) is 5.69 Å². The maximum atomic E-state index is 9.21. The Morgan fingerprint density at radius 1 is 1.19 bits per heavy atom. The summed E-state index contributed by atoms with van der Waals surface area (Å²) in [5.74, 6) is 0.752. The van der Waals surface area contributed by atoms with E-state index in [1.54, 1.807) is 12.3 Å². The number of aryl methyl sites for hydroxylation is 1. The van der Waals surface area contributed by atoms with Crippen LogP contribution < -0.4 is 15.5 Å². The monoisotopic (exact) mass is 431 g/mol. The molecule has 0 saturated heterocycles. The van der Waals surface area contributed by atoms with Crippen LogP contribution in [0, 0.1) is 25.2 Å². The van der Waals surface area contributed by atoms with Gasteiger partial charge in [-0.2, -0.15) is 10.4 Å². The summed E-state index contributed by atoms with van der Waals surface area (Å²) in [6.45, 7) is 7.20. The van der Waals surface area contributed by atoms with Crippen LogP contribution in [0.4, 0.5) is 0 Å². The maximum Gasteiger partial charge on any atom is 0.186 e. The van der Waals surface area contributed by atoms with E-state index in [9.17, 15) is 5.26 Å². The summed E-state index contributed by atoms with van der Waals surface area (Å²) in [4.78, 5) is 0. The molecule has 31 heavy (non-hydrogen) atoms. The molecule has 1 heterocycles. The first kappa shape index (κ1) is 22.1. The van der Waals surface area contributed by atoms with Gasteiger partial charge in [0.15, 0.2) is 5.11 Å². The van der Waals surface area contributed by atoms with E-state index in [0.29, 0.717) is 17.3 Å². The van der Waals surface area contributed by atoms with Crippen molar-refractivity contribution < 1.29 is 4.74 Å². The summed E-state index contributed by atoms with van der Waals surface area (Å²) in [5, 5.41) is 16.9. The van der Waals surface area contributed by atoms with Gasteiger partial charge in [0.05, 0.1) is 17.8 Å². The lowest BCUT2D eigenvalue weighted by molar-refractivity contribution is 0.306. The Hall–Kier alpha value is -3.63. The topological polar surface area (TPSA) is 74.4 Å². The minimum atomic E-state index is 0.354. The van der Waals surface area contributed by atoms with Gasteiger partial charge >= 0.3 is 0 Å². The molecule has 0 aliphatic rings. The summed E-state index contributed by atoms with van der Waals surface area (Å²) < 4.78 is 8.04. The Kier molecular flexibility index (Phi) is 7.41. The Labute approximate surface area is 188 Å². The molecule has 0 bridgehead atoms. The molecule has 158 valence electrons. The van der Waals surface area contributed by atoms with E-state index < -0.39 is 0 Å². The van der Waals surface area contributed by atoms with Crippen molar-refractivity contribution in [3.8, 4) is 17.5 Å². The summed E-state index contributed by atoms with van der Waals surface area (Å²) in [7, 11) is 0. The van der Waals surface area contributed by atoms with E-state index in [0.717, 1.165) is 40.5 Å². The molecule has 0 unspecified atom stereocenters. The normalized spacial score (nSPS) is 10.6. The number of nitriles is 1. The third kappa shape index (κ3) is 5.50. The predicted molar refractivity (Wildman–Crippen MR) is 128 cm³/mol. The van der Waals surface area contributed by atoms with Gasteiger partial charge in [0, 0.05) is 34.7 Å². The summed E-state index contributed by atoms with van der Waals surface area (Å²) in [5.41, 5.74) is 8.55. The van der Waals surface area contributed by atoms with Gasteiger partial charge in [0.1, 0.15) is 12.4 Å². The second-order valence-corrected chi connectivity index (χ2v) is 7.35. The molecule has 0 aliphatic carbocycles. The van der Waals surface area contributed by atoms with Crippen molar-refractivity contribution in [3.63, 3.8) is 0 Å². The molecule has 0 radical (unpaired) electrons. The second-order valence-electron chi connectivity index (χ2n) is 6.94. The fourth-order valence-electron chi connectivity index (χ4n) is 3.28. The van der Waals surface area contributed by atoms with Crippen LogP contribution in [0.15, 0.2) is 59.7 Å². The molecule has 0 fully saturated rings. The average molecular weight is 432 g/mol. The van der Waals surface area contributed by atoms with Gasteiger partial charge < -0.3 is 14.6 Å². The Bertz CT molecular complexity index is 1130. The number of ether oxygens (including phenoxy) is 1. The van der Waals surface area contributed by atoms with E-state index in [4.69, 9.17) is 17.0 Å². The van der Waals surface area contributed by atoms with Gasteiger partial charge in [0.25, 0.3) is 0 Å². The van der Waals surface area contributed by atoms with E-state index in [1.807, 2.05) is 49.4 Å². The Balaban J connectivity index is 1.71. The number of hydrogen-bond acceptors (Lipinski definition) is 4. The number of nitrogens with zero attached hydrogens (tertiary/aromatic N) is 3. The first-order valence-corrected chi connectivity index (χ1v) is 10.4. The Morgan fingerprint density at radius 3 is 2.65 bits per heavy atom. The van der Waals surface area contributed by atoms with Crippen molar-refractivity contribution in [2.24, 2.45) is 5.10 Å². The molecule has 0 saturated carbocycles. The van der Waals surface area contributed by atoms with Crippen molar-refractivity contribution in [3.05, 3.63) is 82.7 Å². The lowest BCUT2D eigenvalue weighted by Gasteiger charge is -2.12. The molecule has 0 aliphatic heterocycles. The molecule has 2 N–H and O–H groups in total. The largest absolute Gasteiger partial charge is 0.489 e. The lowest BCUT2D eigenvalue weighted by atomic mass is 10.1. The van der Waals surface area contributed by atoms with Gasteiger partial charge in [-0.1, -0.05) is 18.2 Å². The zero-order chi connectivity index (χ0) is 22.2. The smallest absolute Gasteiger partial charge is 0.186 e. The summed E-state index contributed by atoms with van der Waals surface area (Å²) >= 11 is 5.12. The lowest BCUT2D eigenvalue weighted by Crippen LogP contribution is -2.31. The summed E-state index contributed by atoms with van der Waals surface area (Å²) in [6.07, 6.45) is 1.77. The van der Waals surface area contributed by atoms with Crippen LogP contribution in [0.1, 0.15) is 35.0 Å². The molecular weight excluding hydrogens is 406 g/mol. The molecule has 1 aromatic heterocycles. The van der Waals surface area contributed by atoms with Gasteiger partial charge in [-0.15, -0.1) is 0 Å². The SMILES string of the molecule is CCNC(=S)NN=Cc1cc(C)n(-c2ccc(OCc3ccccc3C#N)cc2)c1C. The summed E-state index contributed by atoms with van der Waals surface area (Å²) in [6, 6.07) is 19.7. The number of aromatic nitrogens is 1. The highest BCUT2D eigenvalue weighted by Gasteiger charge is 2.10. The van der Waals surface area contributed by atoms with Gasteiger partial charge in [0.2, 0.25) is 0 Å². The standard InChI is InChI=1S/C24H25N5OS/c1-4-26-24(31)28-27-15-21-13-17(2)29(18(21)3)22-9-11-23(12-10-22)30-16-20-8-6-5-7-19(20)14-25/h5-13,15H,4,16H2,1-3H3,(H2,26,28,31). The van der Waals surface area contributed by atoms with E-state index in [1.165, 1.54) is 0 Å². The van der Waals surface area contributed by atoms with E-state index >= 15 is 0 Å². The highest BCUT2D eigenvalue weighted by molar-refractivity contribution is 7.80. The van der Waals surface area contributed by atoms with Crippen molar-refractivity contribution in [2.45, 2.75) is 27.4 Å². The van der Waals surface area contributed by atoms with Crippen LogP contribution in [0.5, 0.6) is 5.75 Å². The molecule has 7 heteroatoms. The molecule has 0 atom stereocenters. The highest BCUT2D eigenvalue weighted by atomic mass is 32.1. The number of nitrogens with one attached hydrogen (secondary N) is 2. The third-order valence-electron chi connectivity index (χ3n) is 4.80. The quantitative estimate of drug-likeness (QED) is 0.330. The first-order valence-electron chi connectivity index (χ1n) is 10.0. The minimum Gasteiger partial charge on any atom is -0.489 e. The minimum absolute atomic E-state index is 0.354. The van der Waals surface area contributed by atoms with Gasteiger partial charge in [-0.05, 0) is 69.4 Å². The van der Waals surface area contributed by atoms with Crippen molar-refractivity contribution in [1.29, 1.82) is 5.26 Å². The van der Waals surface area contributed by atoms with Crippen LogP contribution in [-0.2, 0) is 6.61 Å². The predicted octanol–water partition coefficient (Wildman–Crippen LogP) is 4.36. The van der Waals surface area contributed by atoms with Crippen LogP contribution in [0.2, 0.25) is 0 Å². The number of hydrazone groups is 1. The molecule has 0 spiro atoms.